The highest BCUT2D eigenvalue weighted by molar-refractivity contribution is 8.15. The number of urea groups is 1. The van der Waals surface area contributed by atoms with Crippen LogP contribution >= 0.6 is 23.5 Å². The van der Waals surface area contributed by atoms with Gasteiger partial charge in [0.15, 0.2) is 0 Å². The Balaban J connectivity index is 0.00000702. The van der Waals surface area contributed by atoms with Crippen molar-refractivity contribution in [2.24, 2.45) is 0 Å². The molecule has 3 aromatic rings. The van der Waals surface area contributed by atoms with E-state index in [1.807, 2.05) is 72.8 Å². The number of thioether (sulfide) groups is 2. The zero-order valence-corrected chi connectivity index (χ0v) is 31.9. The number of nitrogens with one attached hydrogen (secondary N) is 4. The molecule has 0 aliphatic heterocycles. The molecule has 4 amide bonds. The van der Waals surface area contributed by atoms with Gasteiger partial charge >= 0.3 is 6.03 Å². The molecule has 50 heavy (non-hydrogen) atoms. The van der Waals surface area contributed by atoms with Crippen LogP contribution in [0.15, 0.2) is 96.6 Å². The molecule has 1 unspecified atom stereocenters. The van der Waals surface area contributed by atoms with Gasteiger partial charge in [0.1, 0.15) is 0 Å². The maximum Gasteiger partial charge on any atom is 0.319 e. The molecule has 1 aliphatic carbocycles. The Hall–Kier alpha value is -3.95. The molecule has 0 spiro atoms. The van der Waals surface area contributed by atoms with E-state index < -0.39 is 0 Å². The van der Waals surface area contributed by atoms with Crippen molar-refractivity contribution in [3.05, 3.63) is 113 Å². The summed E-state index contributed by atoms with van der Waals surface area (Å²) < 4.78 is -0.111. The van der Waals surface area contributed by atoms with Gasteiger partial charge in [0.25, 0.3) is 10.5 Å². The molecule has 0 saturated heterocycles. The fourth-order valence-corrected chi connectivity index (χ4v) is 7.22. The first-order valence-corrected chi connectivity index (χ1v) is 19.3. The lowest BCUT2D eigenvalue weighted by Gasteiger charge is -2.24. The summed E-state index contributed by atoms with van der Waals surface area (Å²) in [5.74, 6) is 0. The molecular formula is C41H60N4O3S2. The molecule has 1 atom stereocenters. The van der Waals surface area contributed by atoms with E-state index in [2.05, 4.69) is 81.0 Å². The summed E-state index contributed by atoms with van der Waals surface area (Å²) in [7, 11) is 0. The topological polar surface area (TPSA) is 99.3 Å². The van der Waals surface area contributed by atoms with E-state index >= 15 is 0 Å². The van der Waals surface area contributed by atoms with Crippen LogP contribution in [-0.4, -0.2) is 32.0 Å². The molecule has 0 bridgehead atoms. The molecule has 0 radical (unpaired) electrons. The van der Waals surface area contributed by atoms with E-state index in [0.29, 0.717) is 0 Å². The molecule has 4 N–H and O–H groups in total. The van der Waals surface area contributed by atoms with Gasteiger partial charge in [0.2, 0.25) is 0 Å². The number of amides is 4. The van der Waals surface area contributed by atoms with Gasteiger partial charge in [-0.05, 0) is 117 Å². The lowest BCUT2D eigenvalue weighted by atomic mass is 9.97. The minimum Gasteiger partial charge on any atom is -0.331 e. The second-order valence-electron chi connectivity index (χ2n) is 13.4. The zero-order chi connectivity index (χ0) is 36.1. The van der Waals surface area contributed by atoms with Gasteiger partial charge in [0, 0.05) is 32.3 Å². The second-order valence-corrected chi connectivity index (χ2v) is 16.5. The average Bonchev–Trinajstić information content (AvgIpc) is 3.10. The SMILES string of the molecule is CCC(C)(CC)SC(=O)Nc1ccc(CC2=CC(NC(=O)Nc3ccc(Cc4ccc(NC(=O)SC(C)(CC)CC)cc4)cc3)CC=C2)cc1.[HH].[HH].[HH].[HH]. The van der Waals surface area contributed by atoms with E-state index in [1.165, 1.54) is 23.5 Å². The highest BCUT2D eigenvalue weighted by Crippen LogP contribution is 2.34. The van der Waals surface area contributed by atoms with Crippen molar-refractivity contribution in [1.82, 2.24) is 5.32 Å². The predicted molar refractivity (Wildman–Crippen MR) is 223 cm³/mol. The van der Waals surface area contributed by atoms with Crippen molar-refractivity contribution in [1.29, 1.82) is 0 Å². The van der Waals surface area contributed by atoms with Gasteiger partial charge in [-0.15, -0.1) is 0 Å². The normalized spacial score (nSPS) is 14.4. The van der Waals surface area contributed by atoms with Crippen LogP contribution in [0.3, 0.4) is 0 Å². The molecule has 0 aromatic heterocycles. The smallest absolute Gasteiger partial charge is 0.319 e. The number of allylic oxidation sites excluding steroid dienone is 2. The highest BCUT2D eigenvalue weighted by Gasteiger charge is 2.25. The van der Waals surface area contributed by atoms with Crippen LogP contribution in [0.5, 0.6) is 0 Å². The maximum absolute atomic E-state index is 12.8. The van der Waals surface area contributed by atoms with Crippen molar-refractivity contribution < 1.29 is 20.1 Å². The third kappa shape index (κ3) is 12.1. The van der Waals surface area contributed by atoms with E-state index in [-0.39, 0.29) is 37.8 Å². The molecule has 274 valence electrons. The lowest BCUT2D eigenvalue weighted by Crippen LogP contribution is -2.37. The summed E-state index contributed by atoms with van der Waals surface area (Å²) in [6.45, 7) is 12.7. The van der Waals surface area contributed by atoms with Gasteiger partial charge in [-0.25, -0.2) is 4.79 Å². The molecule has 0 heterocycles. The van der Waals surface area contributed by atoms with Crippen molar-refractivity contribution in [3.8, 4) is 0 Å². The first kappa shape index (κ1) is 38.8. The lowest BCUT2D eigenvalue weighted by molar-refractivity contribution is 0.250. The fourth-order valence-electron chi connectivity index (χ4n) is 5.41. The Labute approximate surface area is 312 Å². The maximum atomic E-state index is 12.8. The van der Waals surface area contributed by atoms with Crippen LogP contribution in [0, 0.1) is 0 Å². The molecule has 0 fully saturated rings. The van der Waals surface area contributed by atoms with Crippen molar-refractivity contribution in [3.63, 3.8) is 0 Å². The number of anilines is 3. The van der Waals surface area contributed by atoms with Crippen molar-refractivity contribution >= 4 is 57.1 Å². The molecule has 7 nitrogen and oxygen atoms in total. The largest absolute Gasteiger partial charge is 0.331 e. The van der Waals surface area contributed by atoms with Gasteiger partial charge in [-0.3, -0.25) is 9.59 Å². The monoisotopic (exact) mass is 720 g/mol. The summed E-state index contributed by atoms with van der Waals surface area (Å²) in [6, 6.07) is 23.4. The van der Waals surface area contributed by atoms with Gasteiger partial charge in [0.05, 0.1) is 6.04 Å². The van der Waals surface area contributed by atoms with E-state index in [0.717, 1.165) is 84.3 Å². The first-order valence-electron chi connectivity index (χ1n) is 17.6. The molecule has 1 aliphatic rings. The Kier molecular flexibility index (Phi) is 14.2. The number of carbonyl (C=O) groups is 3. The molecule has 0 saturated carbocycles. The average molecular weight is 721 g/mol. The number of rotatable bonds is 14. The Bertz CT molecular complexity index is 1660. The number of benzene rings is 3. The third-order valence-electron chi connectivity index (χ3n) is 9.55. The van der Waals surface area contributed by atoms with Gasteiger partial charge in [-0.1, -0.05) is 106 Å². The van der Waals surface area contributed by atoms with Crippen molar-refractivity contribution in [2.75, 3.05) is 16.0 Å². The second kappa shape index (κ2) is 18.3. The van der Waals surface area contributed by atoms with Crippen LogP contribution in [-0.2, 0) is 12.8 Å². The van der Waals surface area contributed by atoms with E-state index in [4.69, 9.17) is 0 Å². The summed E-state index contributed by atoms with van der Waals surface area (Å²) in [6.07, 6.45) is 12.3. The quantitative estimate of drug-likeness (QED) is 0.133. The summed E-state index contributed by atoms with van der Waals surface area (Å²) in [5.41, 5.74) is 6.83. The number of hydrogen-bond donors (Lipinski definition) is 4. The van der Waals surface area contributed by atoms with E-state index in [9.17, 15) is 14.4 Å². The molecule has 4 rings (SSSR count). The van der Waals surface area contributed by atoms with Crippen LogP contribution in [0.1, 0.15) is 96.0 Å². The minimum absolute atomic E-state index is 0. The summed E-state index contributed by atoms with van der Waals surface area (Å²) in [5, 5.41) is 12.0. The van der Waals surface area contributed by atoms with Crippen LogP contribution in [0.4, 0.5) is 31.4 Å². The summed E-state index contributed by atoms with van der Waals surface area (Å²) >= 11 is 2.73. The molecule has 9 heteroatoms. The predicted octanol–water partition coefficient (Wildman–Crippen LogP) is 12.6. The standard InChI is InChI=1S/C41H52N4O3S2.4H2/c1-7-40(5,8-2)49-38(47)44-34-22-16-30(17-23-34)26-29-14-20-33(21-15-29)42-37(46)43-36-13-11-12-32(28-36)27-31-18-24-35(25-19-31)45-39(48)50-41(6,9-3)10-4;;;;/h11-12,14-25,28,36H,7-10,13,26-27H2,1-6H3,(H,44,47)(H,45,48)(H2,42,43,46);4*1H. The van der Waals surface area contributed by atoms with E-state index in [1.54, 1.807) is 0 Å². The fraction of sp³-hybridized carbons (Fsp3) is 0.390. The molecular weight excluding hydrogens is 661 g/mol. The Morgan fingerprint density at radius 2 is 1.04 bits per heavy atom. The minimum atomic E-state index is -0.247. The summed E-state index contributed by atoms with van der Waals surface area (Å²) in [4.78, 5) is 37.9. The van der Waals surface area contributed by atoms with Gasteiger partial charge in [-0.2, -0.15) is 0 Å². The molecule has 3 aromatic carbocycles. The van der Waals surface area contributed by atoms with Crippen LogP contribution in [0.25, 0.3) is 0 Å². The first-order chi connectivity index (χ1) is 23.9. The number of carbonyl (C=O) groups excluding carboxylic acids is 3. The van der Waals surface area contributed by atoms with Crippen LogP contribution in [0.2, 0.25) is 0 Å². The Morgan fingerprint density at radius 1 is 0.640 bits per heavy atom. The van der Waals surface area contributed by atoms with Crippen LogP contribution < -0.4 is 21.3 Å². The van der Waals surface area contributed by atoms with Crippen molar-refractivity contribution in [2.45, 2.75) is 102 Å². The highest BCUT2D eigenvalue weighted by atomic mass is 32.2. The zero-order valence-electron chi connectivity index (χ0n) is 30.2. The third-order valence-corrected chi connectivity index (χ3v) is 12.3. The van der Waals surface area contributed by atoms with Gasteiger partial charge < -0.3 is 21.3 Å². The number of hydrogen-bond acceptors (Lipinski definition) is 5. The Morgan fingerprint density at radius 3 is 1.46 bits per heavy atom.